The van der Waals surface area contributed by atoms with E-state index in [9.17, 15) is 4.79 Å². The first-order chi connectivity index (χ1) is 7.59. The predicted molar refractivity (Wildman–Crippen MR) is 61.5 cm³/mol. The average molecular weight is 237 g/mol. The molecule has 0 aliphatic rings. The smallest absolute Gasteiger partial charge is 0.269 e. The molecule has 1 amide bonds. The first-order valence-electron chi connectivity index (χ1n) is 4.49. The molecule has 16 heavy (non-hydrogen) atoms. The number of nitrogens with two attached hydrogens (primary N) is 2. The van der Waals surface area contributed by atoms with Crippen molar-refractivity contribution in [1.82, 2.24) is 9.78 Å². The van der Waals surface area contributed by atoms with Crippen LogP contribution in [0.15, 0.2) is 30.5 Å². The lowest BCUT2D eigenvalue weighted by atomic mass is 10.3. The second-order valence-corrected chi connectivity index (χ2v) is 3.59. The lowest BCUT2D eigenvalue weighted by molar-refractivity contribution is 0.0995. The van der Waals surface area contributed by atoms with Gasteiger partial charge < -0.3 is 11.5 Å². The van der Waals surface area contributed by atoms with E-state index in [1.54, 1.807) is 24.4 Å². The van der Waals surface area contributed by atoms with Gasteiger partial charge in [0.1, 0.15) is 11.4 Å². The third kappa shape index (κ3) is 1.72. The summed E-state index contributed by atoms with van der Waals surface area (Å²) in [5.41, 5.74) is 12.1. The van der Waals surface area contributed by atoms with Gasteiger partial charge in [-0.3, -0.25) is 4.79 Å². The molecule has 0 saturated heterocycles. The van der Waals surface area contributed by atoms with Gasteiger partial charge in [-0.15, -0.1) is 0 Å². The number of nitrogen functional groups attached to an aromatic ring is 1. The summed E-state index contributed by atoms with van der Waals surface area (Å²) in [6.07, 6.45) is 1.58. The number of para-hydroxylation sites is 1. The van der Waals surface area contributed by atoms with Crippen LogP contribution in [0, 0.1) is 0 Å². The molecule has 5 nitrogen and oxygen atoms in total. The number of anilines is 1. The Kier molecular flexibility index (Phi) is 2.54. The van der Waals surface area contributed by atoms with Gasteiger partial charge in [0.2, 0.25) is 0 Å². The standard InChI is InChI=1S/C10H9ClN4O/c11-6-2-1-3-7(12)9(6)15-5-4-8(14-15)10(13)16/h1-5H,12H2,(H2,13,16). The Morgan fingerprint density at radius 1 is 1.38 bits per heavy atom. The number of halogens is 1. The molecule has 0 radical (unpaired) electrons. The summed E-state index contributed by atoms with van der Waals surface area (Å²) < 4.78 is 1.43. The highest BCUT2D eigenvalue weighted by atomic mass is 35.5. The second-order valence-electron chi connectivity index (χ2n) is 3.19. The molecular formula is C10H9ClN4O. The van der Waals surface area contributed by atoms with Gasteiger partial charge in [-0.25, -0.2) is 4.68 Å². The molecule has 0 fully saturated rings. The Balaban J connectivity index is 2.54. The molecule has 0 aliphatic heterocycles. The number of aromatic nitrogens is 2. The molecule has 0 unspecified atom stereocenters. The third-order valence-electron chi connectivity index (χ3n) is 2.09. The molecule has 0 spiro atoms. The van der Waals surface area contributed by atoms with Crippen molar-refractivity contribution < 1.29 is 4.79 Å². The SMILES string of the molecule is NC(=O)c1ccn(-c2c(N)cccc2Cl)n1. The monoisotopic (exact) mass is 236 g/mol. The van der Waals surface area contributed by atoms with Crippen LogP contribution in [0.3, 0.4) is 0 Å². The number of hydrogen-bond donors (Lipinski definition) is 2. The van der Waals surface area contributed by atoms with Gasteiger partial charge in [-0.1, -0.05) is 17.7 Å². The van der Waals surface area contributed by atoms with Crippen molar-refractivity contribution in [3.05, 3.63) is 41.2 Å². The maximum atomic E-state index is 10.9. The lowest BCUT2D eigenvalue weighted by Gasteiger charge is -2.07. The summed E-state index contributed by atoms with van der Waals surface area (Å²) in [7, 11) is 0. The van der Waals surface area contributed by atoms with Gasteiger partial charge in [-0.05, 0) is 18.2 Å². The second kappa shape index (κ2) is 3.86. The number of amides is 1. The summed E-state index contributed by atoms with van der Waals surface area (Å²) in [4.78, 5) is 10.9. The molecule has 0 atom stereocenters. The van der Waals surface area contributed by atoms with E-state index >= 15 is 0 Å². The topological polar surface area (TPSA) is 86.9 Å². The fraction of sp³-hybridized carbons (Fsp3) is 0. The Morgan fingerprint density at radius 3 is 2.69 bits per heavy atom. The van der Waals surface area contributed by atoms with Gasteiger partial charge in [0.05, 0.1) is 10.7 Å². The summed E-state index contributed by atoms with van der Waals surface area (Å²) in [6.45, 7) is 0. The van der Waals surface area contributed by atoms with Crippen LogP contribution >= 0.6 is 11.6 Å². The minimum absolute atomic E-state index is 0.166. The van der Waals surface area contributed by atoms with Crippen LogP contribution in [0.1, 0.15) is 10.5 Å². The number of primary amides is 1. The van der Waals surface area contributed by atoms with Crippen LogP contribution in [0.2, 0.25) is 5.02 Å². The Morgan fingerprint density at radius 2 is 2.12 bits per heavy atom. The van der Waals surface area contributed by atoms with Crippen molar-refractivity contribution in [2.45, 2.75) is 0 Å². The number of rotatable bonds is 2. The van der Waals surface area contributed by atoms with Crippen LogP contribution in [0.5, 0.6) is 0 Å². The lowest BCUT2D eigenvalue weighted by Crippen LogP contribution is -2.12. The number of carbonyl (C=O) groups excluding carboxylic acids is 1. The molecule has 82 valence electrons. The highest BCUT2D eigenvalue weighted by Crippen LogP contribution is 2.25. The van der Waals surface area contributed by atoms with Crippen LogP contribution in [0.25, 0.3) is 5.69 Å². The van der Waals surface area contributed by atoms with E-state index in [-0.39, 0.29) is 5.69 Å². The summed E-state index contributed by atoms with van der Waals surface area (Å²) in [5.74, 6) is -0.593. The Labute approximate surface area is 96.6 Å². The maximum Gasteiger partial charge on any atom is 0.269 e. The maximum absolute atomic E-state index is 10.9. The first-order valence-corrected chi connectivity index (χ1v) is 4.87. The fourth-order valence-corrected chi connectivity index (χ4v) is 1.62. The molecule has 0 saturated carbocycles. The van der Waals surface area contributed by atoms with Gasteiger partial charge in [0, 0.05) is 6.20 Å². The van der Waals surface area contributed by atoms with Crippen LogP contribution in [0.4, 0.5) is 5.69 Å². The molecule has 2 aromatic rings. The number of benzene rings is 1. The van der Waals surface area contributed by atoms with E-state index in [0.717, 1.165) is 0 Å². The Bertz CT molecular complexity index is 529. The van der Waals surface area contributed by atoms with Gasteiger partial charge in [0.25, 0.3) is 5.91 Å². The van der Waals surface area contributed by atoms with Crippen molar-refractivity contribution >= 4 is 23.2 Å². The zero-order valence-corrected chi connectivity index (χ0v) is 8.98. The van der Waals surface area contributed by atoms with E-state index in [1.807, 2.05) is 0 Å². The van der Waals surface area contributed by atoms with Crippen molar-refractivity contribution in [2.24, 2.45) is 5.73 Å². The molecule has 6 heteroatoms. The minimum Gasteiger partial charge on any atom is -0.397 e. The van der Waals surface area contributed by atoms with Crippen molar-refractivity contribution in [1.29, 1.82) is 0 Å². The number of carbonyl (C=O) groups is 1. The highest BCUT2D eigenvalue weighted by molar-refractivity contribution is 6.32. The molecule has 0 bridgehead atoms. The van der Waals surface area contributed by atoms with Crippen LogP contribution < -0.4 is 11.5 Å². The summed E-state index contributed by atoms with van der Waals surface area (Å²) in [6, 6.07) is 6.64. The largest absolute Gasteiger partial charge is 0.397 e. The van der Waals surface area contributed by atoms with E-state index in [0.29, 0.717) is 16.4 Å². The van der Waals surface area contributed by atoms with Crippen molar-refractivity contribution in [2.75, 3.05) is 5.73 Å². The average Bonchev–Trinajstić information content (AvgIpc) is 2.66. The number of nitrogens with zero attached hydrogens (tertiary/aromatic N) is 2. The zero-order valence-electron chi connectivity index (χ0n) is 8.22. The molecule has 0 aliphatic carbocycles. The molecular weight excluding hydrogens is 228 g/mol. The van der Waals surface area contributed by atoms with Gasteiger partial charge in [0.15, 0.2) is 0 Å². The van der Waals surface area contributed by atoms with Gasteiger partial charge >= 0.3 is 0 Å². The minimum atomic E-state index is -0.593. The Hall–Kier alpha value is -2.01. The summed E-state index contributed by atoms with van der Waals surface area (Å²) >= 11 is 6.00. The first kappa shape index (κ1) is 10.5. The van der Waals surface area contributed by atoms with Crippen molar-refractivity contribution in [3.8, 4) is 5.69 Å². The van der Waals surface area contributed by atoms with Gasteiger partial charge in [-0.2, -0.15) is 5.10 Å². The molecule has 1 heterocycles. The molecule has 1 aromatic carbocycles. The van der Waals surface area contributed by atoms with E-state index in [4.69, 9.17) is 23.1 Å². The van der Waals surface area contributed by atoms with Crippen LogP contribution in [-0.2, 0) is 0 Å². The summed E-state index contributed by atoms with van der Waals surface area (Å²) in [5, 5.41) is 4.44. The van der Waals surface area contributed by atoms with E-state index in [2.05, 4.69) is 5.10 Å². The van der Waals surface area contributed by atoms with Crippen molar-refractivity contribution in [3.63, 3.8) is 0 Å². The molecule has 4 N–H and O–H groups in total. The number of hydrogen-bond acceptors (Lipinski definition) is 3. The van der Waals surface area contributed by atoms with Crippen LogP contribution in [-0.4, -0.2) is 15.7 Å². The highest BCUT2D eigenvalue weighted by Gasteiger charge is 2.10. The third-order valence-corrected chi connectivity index (χ3v) is 2.39. The normalized spacial score (nSPS) is 10.3. The predicted octanol–water partition coefficient (Wildman–Crippen LogP) is 1.21. The quantitative estimate of drug-likeness (QED) is 0.769. The fourth-order valence-electron chi connectivity index (χ4n) is 1.35. The van der Waals surface area contributed by atoms with E-state index in [1.165, 1.54) is 10.7 Å². The van der Waals surface area contributed by atoms with E-state index < -0.39 is 5.91 Å². The zero-order chi connectivity index (χ0) is 11.7. The molecule has 1 aromatic heterocycles. The molecule has 2 rings (SSSR count).